The molecule has 0 radical (unpaired) electrons. The van der Waals surface area contributed by atoms with E-state index < -0.39 is 0 Å². The highest BCUT2D eigenvalue weighted by atomic mass is 19.1. The molecule has 2 N–H and O–H groups in total. The largest absolute Gasteiger partial charge is 0.461 e. The molecule has 0 aliphatic rings. The quantitative estimate of drug-likeness (QED) is 0.795. The Balaban J connectivity index is 2.00. The van der Waals surface area contributed by atoms with Gasteiger partial charge in [0.1, 0.15) is 11.5 Å². The lowest BCUT2D eigenvalue weighted by Crippen LogP contribution is -2.12. The average molecular weight is 332 g/mol. The average Bonchev–Trinajstić information content (AvgIpc) is 2.82. The topological polar surface area (TPSA) is 71.2 Å². The molecule has 5 nitrogen and oxygen atoms in total. The minimum absolute atomic E-state index is 0.167. The van der Waals surface area contributed by atoms with E-state index in [1.54, 1.807) is 6.92 Å². The molecule has 6 heteroatoms. The third kappa shape index (κ3) is 4.22. The molecule has 0 saturated heterocycles. The zero-order chi connectivity index (χ0) is 17.7. The zero-order valence-electron chi connectivity index (χ0n) is 14.0. The fraction of sp³-hybridized carbons (Fsp3) is 0.333. The number of aromatic amines is 1. The first kappa shape index (κ1) is 17.7. The highest BCUT2D eigenvalue weighted by Crippen LogP contribution is 2.20. The summed E-state index contributed by atoms with van der Waals surface area (Å²) in [6, 6.07) is 5.61. The van der Waals surface area contributed by atoms with Crippen LogP contribution in [-0.4, -0.2) is 23.5 Å². The zero-order valence-corrected chi connectivity index (χ0v) is 14.0. The van der Waals surface area contributed by atoms with Crippen LogP contribution in [0.2, 0.25) is 0 Å². The Labute approximate surface area is 140 Å². The molecule has 1 amide bonds. The van der Waals surface area contributed by atoms with E-state index in [9.17, 15) is 14.0 Å². The Morgan fingerprint density at radius 2 is 1.88 bits per heavy atom. The maximum atomic E-state index is 12.9. The number of aromatic nitrogens is 1. The van der Waals surface area contributed by atoms with Crippen LogP contribution in [0, 0.1) is 19.7 Å². The van der Waals surface area contributed by atoms with Crippen LogP contribution in [0.25, 0.3) is 0 Å². The maximum Gasteiger partial charge on any atom is 0.355 e. The number of benzene rings is 1. The lowest BCUT2D eigenvalue weighted by atomic mass is 10.0. The van der Waals surface area contributed by atoms with Gasteiger partial charge in [-0.2, -0.15) is 0 Å². The number of esters is 1. The monoisotopic (exact) mass is 332 g/mol. The van der Waals surface area contributed by atoms with Crippen molar-refractivity contribution >= 4 is 17.6 Å². The van der Waals surface area contributed by atoms with Gasteiger partial charge in [-0.25, -0.2) is 9.18 Å². The summed E-state index contributed by atoms with van der Waals surface area (Å²) in [5, 5.41) is 2.72. The van der Waals surface area contributed by atoms with Gasteiger partial charge in [0, 0.05) is 17.8 Å². The minimum Gasteiger partial charge on any atom is -0.461 e. The third-order valence-corrected chi connectivity index (χ3v) is 3.80. The Bertz CT molecular complexity index is 735. The van der Waals surface area contributed by atoms with Crippen LogP contribution in [0.5, 0.6) is 0 Å². The Morgan fingerprint density at radius 1 is 1.21 bits per heavy atom. The molecule has 0 spiro atoms. The van der Waals surface area contributed by atoms with Gasteiger partial charge in [-0.1, -0.05) is 0 Å². The lowest BCUT2D eigenvalue weighted by molar-refractivity contribution is -0.116. The summed E-state index contributed by atoms with van der Waals surface area (Å²) in [4.78, 5) is 26.9. The maximum absolute atomic E-state index is 12.9. The van der Waals surface area contributed by atoms with Crippen LogP contribution in [0.3, 0.4) is 0 Å². The van der Waals surface area contributed by atoms with E-state index in [1.165, 1.54) is 24.3 Å². The van der Waals surface area contributed by atoms with Crippen LogP contribution in [0.4, 0.5) is 10.1 Å². The molecule has 1 heterocycles. The Morgan fingerprint density at radius 3 is 2.50 bits per heavy atom. The molecule has 0 bridgehead atoms. The second-order valence-corrected chi connectivity index (χ2v) is 5.50. The standard InChI is InChI=1S/C18H21FN2O3/c1-4-24-18(23)17-11(2)15(12(3)20-17)9-10-16(22)21-14-7-5-13(19)6-8-14/h5-8,20H,4,9-10H2,1-3H3,(H,21,22). The number of amides is 1. The van der Waals surface area contributed by atoms with E-state index in [-0.39, 0.29) is 24.1 Å². The van der Waals surface area contributed by atoms with Crippen molar-refractivity contribution in [2.45, 2.75) is 33.6 Å². The highest BCUT2D eigenvalue weighted by molar-refractivity contribution is 5.91. The van der Waals surface area contributed by atoms with Crippen molar-refractivity contribution in [3.8, 4) is 0 Å². The normalized spacial score (nSPS) is 10.5. The number of halogens is 1. The first-order valence-electron chi connectivity index (χ1n) is 7.83. The van der Waals surface area contributed by atoms with Crippen molar-refractivity contribution in [1.82, 2.24) is 4.98 Å². The van der Waals surface area contributed by atoms with E-state index in [4.69, 9.17) is 4.74 Å². The number of carbonyl (C=O) groups excluding carboxylic acids is 2. The molecular formula is C18H21FN2O3. The van der Waals surface area contributed by atoms with E-state index >= 15 is 0 Å². The van der Waals surface area contributed by atoms with E-state index in [0.717, 1.165) is 16.8 Å². The van der Waals surface area contributed by atoms with Gasteiger partial charge >= 0.3 is 5.97 Å². The van der Waals surface area contributed by atoms with E-state index in [1.807, 2.05) is 13.8 Å². The van der Waals surface area contributed by atoms with Gasteiger partial charge in [-0.05, 0) is 62.6 Å². The smallest absolute Gasteiger partial charge is 0.355 e. The molecule has 1 aromatic carbocycles. The predicted molar refractivity (Wildman–Crippen MR) is 89.6 cm³/mol. The lowest BCUT2D eigenvalue weighted by Gasteiger charge is -2.06. The molecule has 0 saturated carbocycles. The summed E-state index contributed by atoms with van der Waals surface area (Å²) >= 11 is 0. The molecule has 0 aliphatic heterocycles. The SMILES string of the molecule is CCOC(=O)c1[nH]c(C)c(CCC(=O)Nc2ccc(F)cc2)c1C. The summed E-state index contributed by atoms with van der Waals surface area (Å²) in [6.07, 6.45) is 0.764. The van der Waals surface area contributed by atoms with Gasteiger partial charge in [-0.15, -0.1) is 0 Å². The van der Waals surface area contributed by atoms with Crippen LogP contribution in [0.15, 0.2) is 24.3 Å². The second kappa shape index (κ2) is 7.77. The number of aryl methyl sites for hydroxylation is 1. The van der Waals surface area contributed by atoms with E-state index in [2.05, 4.69) is 10.3 Å². The molecule has 0 atom stereocenters. The van der Waals surface area contributed by atoms with Crippen molar-refractivity contribution in [1.29, 1.82) is 0 Å². The van der Waals surface area contributed by atoms with E-state index in [0.29, 0.717) is 24.4 Å². The molecule has 2 aromatic rings. The van der Waals surface area contributed by atoms with Gasteiger partial charge in [0.25, 0.3) is 0 Å². The van der Waals surface area contributed by atoms with Crippen molar-refractivity contribution < 1.29 is 18.7 Å². The second-order valence-electron chi connectivity index (χ2n) is 5.50. The molecule has 0 fully saturated rings. The predicted octanol–water partition coefficient (Wildman–Crippen LogP) is 3.52. The molecule has 1 aromatic heterocycles. The number of carbonyl (C=O) groups is 2. The van der Waals surface area contributed by atoms with Crippen molar-refractivity contribution in [3.05, 3.63) is 52.6 Å². The van der Waals surface area contributed by atoms with Gasteiger partial charge in [0.2, 0.25) is 5.91 Å². The first-order chi connectivity index (χ1) is 11.4. The molecule has 24 heavy (non-hydrogen) atoms. The number of rotatable bonds is 6. The third-order valence-electron chi connectivity index (χ3n) is 3.80. The van der Waals surface area contributed by atoms with Gasteiger partial charge < -0.3 is 15.0 Å². The molecule has 128 valence electrons. The number of hydrogen-bond donors (Lipinski definition) is 2. The van der Waals surface area contributed by atoms with Gasteiger partial charge in [0.05, 0.1) is 6.61 Å². The molecular weight excluding hydrogens is 311 g/mol. The number of H-pyrrole nitrogens is 1. The summed E-state index contributed by atoms with van der Waals surface area (Å²) < 4.78 is 17.9. The highest BCUT2D eigenvalue weighted by Gasteiger charge is 2.18. The van der Waals surface area contributed by atoms with Crippen LogP contribution >= 0.6 is 0 Å². The summed E-state index contributed by atoms with van der Waals surface area (Å²) in [6.45, 7) is 5.77. The summed E-state index contributed by atoms with van der Waals surface area (Å²) in [7, 11) is 0. The fourth-order valence-corrected chi connectivity index (χ4v) is 2.57. The number of anilines is 1. The van der Waals surface area contributed by atoms with Crippen molar-refractivity contribution in [2.24, 2.45) is 0 Å². The van der Waals surface area contributed by atoms with Gasteiger partial charge in [-0.3, -0.25) is 4.79 Å². The van der Waals surface area contributed by atoms with Crippen LogP contribution in [-0.2, 0) is 16.0 Å². The number of nitrogens with one attached hydrogen (secondary N) is 2. The number of ether oxygens (including phenoxy) is 1. The number of hydrogen-bond acceptors (Lipinski definition) is 3. The van der Waals surface area contributed by atoms with Crippen LogP contribution < -0.4 is 5.32 Å². The summed E-state index contributed by atoms with van der Waals surface area (Å²) in [5.41, 5.74) is 3.58. The fourth-order valence-electron chi connectivity index (χ4n) is 2.57. The summed E-state index contributed by atoms with van der Waals surface area (Å²) in [5.74, 6) is -0.905. The minimum atomic E-state index is -0.389. The Hall–Kier alpha value is -2.63. The Kier molecular flexibility index (Phi) is 5.73. The molecule has 2 rings (SSSR count). The first-order valence-corrected chi connectivity index (χ1v) is 7.83. The van der Waals surface area contributed by atoms with Crippen molar-refractivity contribution in [3.63, 3.8) is 0 Å². The van der Waals surface area contributed by atoms with Gasteiger partial charge in [0.15, 0.2) is 0 Å². The molecule has 0 aliphatic carbocycles. The van der Waals surface area contributed by atoms with Crippen LogP contribution in [0.1, 0.15) is 40.7 Å². The van der Waals surface area contributed by atoms with Crippen molar-refractivity contribution in [2.75, 3.05) is 11.9 Å². The molecule has 0 unspecified atom stereocenters.